The molecule has 2 amide bonds. The van der Waals surface area contributed by atoms with E-state index in [1.807, 2.05) is 16.6 Å². The number of rotatable bonds is 4. The van der Waals surface area contributed by atoms with Gasteiger partial charge in [0.1, 0.15) is 12.4 Å². The third kappa shape index (κ3) is 3.36. The normalized spacial score (nSPS) is 19.7. The van der Waals surface area contributed by atoms with Crippen LogP contribution in [-0.4, -0.2) is 49.1 Å². The lowest BCUT2D eigenvalue weighted by Crippen LogP contribution is -2.40. The predicted octanol–water partition coefficient (Wildman–Crippen LogP) is 1.00. The first-order chi connectivity index (χ1) is 13.0. The number of nitrogens with two attached hydrogens (primary N) is 1. The third-order valence-electron chi connectivity index (χ3n) is 5.72. The van der Waals surface area contributed by atoms with Gasteiger partial charge in [-0.3, -0.25) is 14.3 Å². The summed E-state index contributed by atoms with van der Waals surface area (Å²) in [6, 6.07) is 0. The van der Waals surface area contributed by atoms with Crippen molar-refractivity contribution < 1.29 is 9.59 Å². The number of hydrogen-bond acceptors (Lipinski definition) is 4. The number of imidazole rings is 1. The van der Waals surface area contributed by atoms with Crippen molar-refractivity contribution in [2.45, 2.75) is 51.0 Å². The minimum absolute atomic E-state index is 0.0199. The molecule has 1 saturated heterocycles. The Kier molecular flexibility index (Phi) is 4.72. The van der Waals surface area contributed by atoms with Crippen molar-refractivity contribution in [1.82, 2.24) is 24.2 Å². The van der Waals surface area contributed by atoms with Crippen molar-refractivity contribution in [1.29, 1.82) is 0 Å². The molecule has 8 nitrogen and oxygen atoms in total. The van der Waals surface area contributed by atoms with E-state index in [0.29, 0.717) is 12.2 Å². The fourth-order valence-electron chi connectivity index (χ4n) is 4.45. The molecule has 1 fully saturated rings. The second-order valence-electron chi connectivity index (χ2n) is 7.57. The number of fused-ring (bicyclic) bond motifs is 1. The SMILES string of the molecule is Cn1nc(C(=O)N2CCC[C@@H](c3nccn3CC(N)=O)C2)c2c1CCCC2. The van der Waals surface area contributed by atoms with E-state index in [1.165, 1.54) is 5.69 Å². The number of carbonyl (C=O) groups is 2. The lowest BCUT2D eigenvalue weighted by atomic mass is 9.94. The molecule has 27 heavy (non-hydrogen) atoms. The third-order valence-corrected chi connectivity index (χ3v) is 5.72. The Bertz CT molecular complexity index is 868. The quantitative estimate of drug-likeness (QED) is 0.868. The summed E-state index contributed by atoms with van der Waals surface area (Å²) in [5.74, 6) is 0.565. The van der Waals surface area contributed by atoms with Gasteiger partial charge in [-0.1, -0.05) is 0 Å². The van der Waals surface area contributed by atoms with Crippen LogP contribution in [0.4, 0.5) is 0 Å². The maximum atomic E-state index is 13.2. The second kappa shape index (κ2) is 7.17. The van der Waals surface area contributed by atoms with Crippen LogP contribution in [-0.2, 0) is 31.2 Å². The van der Waals surface area contributed by atoms with E-state index in [0.717, 1.165) is 56.5 Å². The molecular formula is C19H26N6O2. The molecule has 4 rings (SSSR count). The molecule has 0 spiro atoms. The van der Waals surface area contributed by atoms with Gasteiger partial charge in [-0.25, -0.2) is 4.98 Å². The number of piperidine rings is 1. The average molecular weight is 370 g/mol. The molecule has 144 valence electrons. The first-order valence-electron chi connectivity index (χ1n) is 9.68. The number of likely N-dealkylation sites (tertiary alicyclic amines) is 1. The van der Waals surface area contributed by atoms with Crippen LogP contribution in [0, 0.1) is 0 Å². The first-order valence-corrected chi connectivity index (χ1v) is 9.68. The Hall–Kier alpha value is -2.64. The lowest BCUT2D eigenvalue weighted by Gasteiger charge is -2.32. The van der Waals surface area contributed by atoms with Crippen LogP contribution in [0.2, 0.25) is 0 Å². The largest absolute Gasteiger partial charge is 0.368 e. The molecule has 0 bridgehead atoms. The highest BCUT2D eigenvalue weighted by molar-refractivity contribution is 5.94. The van der Waals surface area contributed by atoms with Gasteiger partial charge in [0.15, 0.2) is 5.69 Å². The van der Waals surface area contributed by atoms with Gasteiger partial charge in [0.05, 0.1) is 0 Å². The Labute approximate surface area is 158 Å². The molecule has 2 N–H and O–H groups in total. The summed E-state index contributed by atoms with van der Waals surface area (Å²) in [5.41, 5.74) is 8.29. The van der Waals surface area contributed by atoms with Crippen molar-refractivity contribution in [3.8, 4) is 0 Å². The molecule has 8 heteroatoms. The molecule has 2 aromatic rings. The highest BCUT2D eigenvalue weighted by atomic mass is 16.2. The van der Waals surface area contributed by atoms with E-state index >= 15 is 0 Å². The van der Waals surface area contributed by atoms with Gasteiger partial charge in [-0.15, -0.1) is 0 Å². The van der Waals surface area contributed by atoms with Crippen molar-refractivity contribution in [3.05, 3.63) is 35.2 Å². The summed E-state index contributed by atoms with van der Waals surface area (Å²) >= 11 is 0. The number of carbonyl (C=O) groups excluding carboxylic acids is 2. The molecule has 1 atom stereocenters. The average Bonchev–Trinajstić information content (AvgIpc) is 3.26. The molecule has 0 radical (unpaired) electrons. The van der Waals surface area contributed by atoms with Crippen LogP contribution in [0.15, 0.2) is 12.4 Å². The molecule has 1 aliphatic carbocycles. The Morgan fingerprint density at radius 3 is 2.89 bits per heavy atom. The second-order valence-corrected chi connectivity index (χ2v) is 7.57. The maximum Gasteiger partial charge on any atom is 0.274 e. The smallest absolute Gasteiger partial charge is 0.274 e. The minimum atomic E-state index is -0.391. The molecule has 3 heterocycles. The summed E-state index contributed by atoms with van der Waals surface area (Å²) in [6.45, 7) is 1.45. The zero-order chi connectivity index (χ0) is 19.0. The Morgan fingerprint density at radius 2 is 2.07 bits per heavy atom. The fraction of sp³-hybridized carbons (Fsp3) is 0.579. The Morgan fingerprint density at radius 1 is 1.26 bits per heavy atom. The Balaban J connectivity index is 1.55. The maximum absolute atomic E-state index is 13.2. The zero-order valence-electron chi connectivity index (χ0n) is 15.7. The standard InChI is InChI=1S/C19H26N6O2/c1-23-15-7-3-2-6-14(15)17(22-23)19(27)25-9-4-5-13(11-25)18-21-8-10-24(18)12-16(20)26/h8,10,13H,2-7,9,11-12H2,1H3,(H2,20,26)/t13-/m1/s1. The minimum Gasteiger partial charge on any atom is -0.368 e. The van der Waals surface area contributed by atoms with Gasteiger partial charge in [0.25, 0.3) is 5.91 Å². The highest BCUT2D eigenvalue weighted by Crippen LogP contribution is 2.29. The molecule has 0 aromatic carbocycles. The van der Waals surface area contributed by atoms with Gasteiger partial charge in [-0.05, 0) is 38.5 Å². The van der Waals surface area contributed by atoms with Crippen molar-refractivity contribution in [2.75, 3.05) is 13.1 Å². The number of amides is 2. The molecule has 2 aliphatic rings. The molecule has 1 aliphatic heterocycles. The number of aromatic nitrogens is 4. The van der Waals surface area contributed by atoms with Crippen LogP contribution in [0.5, 0.6) is 0 Å². The summed E-state index contributed by atoms with van der Waals surface area (Å²) in [4.78, 5) is 30.8. The number of nitrogens with zero attached hydrogens (tertiary/aromatic N) is 5. The van der Waals surface area contributed by atoms with E-state index in [1.54, 1.807) is 17.0 Å². The molecule has 0 unspecified atom stereocenters. The summed E-state index contributed by atoms with van der Waals surface area (Å²) in [5, 5.41) is 4.56. The monoisotopic (exact) mass is 370 g/mol. The summed E-state index contributed by atoms with van der Waals surface area (Å²) in [7, 11) is 1.93. The van der Waals surface area contributed by atoms with Crippen molar-refractivity contribution in [3.63, 3.8) is 0 Å². The van der Waals surface area contributed by atoms with Gasteiger partial charge >= 0.3 is 0 Å². The molecule has 0 saturated carbocycles. The fourth-order valence-corrected chi connectivity index (χ4v) is 4.45. The van der Waals surface area contributed by atoms with Gasteiger partial charge in [0, 0.05) is 49.7 Å². The number of primary amides is 1. The van der Waals surface area contributed by atoms with Crippen LogP contribution in [0.1, 0.15) is 59.2 Å². The zero-order valence-corrected chi connectivity index (χ0v) is 15.7. The summed E-state index contributed by atoms with van der Waals surface area (Å²) in [6.07, 6.45) is 9.53. The van der Waals surface area contributed by atoms with Crippen LogP contribution in [0.3, 0.4) is 0 Å². The van der Waals surface area contributed by atoms with Crippen LogP contribution in [0.25, 0.3) is 0 Å². The highest BCUT2D eigenvalue weighted by Gasteiger charge is 2.32. The van der Waals surface area contributed by atoms with E-state index in [9.17, 15) is 9.59 Å². The van der Waals surface area contributed by atoms with Crippen LogP contribution < -0.4 is 5.73 Å². The lowest BCUT2D eigenvalue weighted by molar-refractivity contribution is -0.118. The number of aryl methyl sites for hydroxylation is 1. The van der Waals surface area contributed by atoms with Crippen molar-refractivity contribution in [2.24, 2.45) is 12.8 Å². The van der Waals surface area contributed by atoms with Gasteiger partial charge in [0.2, 0.25) is 5.91 Å². The van der Waals surface area contributed by atoms with Crippen LogP contribution >= 0.6 is 0 Å². The van der Waals surface area contributed by atoms with E-state index in [2.05, 4.69) is 10.1 Å². The molecule has 2 aromatic heterocycles. The first kappa shape index (κ1) is 17.8. The van der Waals surface area contributed by atoms with Crippen molar-refractivity contribution >= 4 is 11.8 Å². The van der Waals surface area contributed by atoms with E-state index in [-0.39, 0.29) is 18.4 Å². The number of hydrogen-bond donors (Lipinski definition) is 1. The molecular weight excluding hydrogens is 344 g/mol. The van der Waals surface area contributed by atoms with Gasteiger partial charge in [-0.2, -0.15) is 5.10 Å². The summed E-state index contributed by atoms with van der Waals surface area (Å²) < 4.78 is 3.67. The topological polar surface area (TPSA) is 99.0 Å². The van der Waals surface area contributed by atoms with E-state index < -0.39 is 5.91 Å². The van der Waals surface area contributed by atoms with E-state index in [4.69, 9.17) is 5.73 Å². The predicted molar refractivity (Wildman–Crippen MR) is 99.1 cm³/mol. The van der Waals surface area contributed by atoms with Gasteiger partial charge < -0.3 is 15.2 Å².